The first kappa shape index (κ1) is 20.0. The van der Waals surface area contributed by atoms with Crippen molar-refractivity contribution in [3.05, 3.63) is 64.5 Å². The number of hydroxylamine groups is 3. The van der Waals surface area contributed by atoms with Crippen LogP contribution < -0.4 is 10.4 Å². The molecule has 4 aliphatic rings. The molecule has 5 rings (SSSR count). The summed E-state index contributed by atoms with van der Waals surface area (Å²) in [5.41, 5.74) is 3.51. The van der Waals surface area contributed by atoms with Crippen molar-refractivity contribution in [3.8, 4) is 0 Å². The van der Waals surface area contributed by atoms with E-state index in [0.717, 1.165) is 12.1 Å². The third-order valence-electron chi connectivity index (χ3n) is 5.64. The molecule has 0 saturated carbocycles. The largest absolute Gasteiger partial charge is 0.444 e. The molecule has 0 bridgehead atoms. The fourth-order valence-electron chi connectivity index (χ4n) is 4.10. The predicted molar refractivity (Wildman–Crippen MR) is 104 cm³/mol. The Morgan fingerprint density at radius 3 is 2.65 bits per heavy atom. The Kier molecular flexibility index (Phi) is 4.72. The molecule has 4 aliphatic heterocycles. The van der Waals surface area contributed by atoms with Crippen LogP contribution >= 0.6 is 0 Å². The van der Waals surface area contributed by atoms with E-state index in [1.807, 2.05) is 0 Å². The number of benzene rings is 1. The highest BCUT2D eigenvalue weighted by Crippen LogP contribution is 2.35. The third kappa shape index (κ3) is 3.27. The zero-order valence-electron chi connectivity index (χ0n) is 16.1. The smallest absolute Gasteiger partial charge is 0.414 e. The molecule has 31 heavy (non-hydrogen) atoms. The van der Waals surface area contributed by atoms with E-state index >= 15 is 0 Å². The minimum Gasteiger partial charge on any atom is -0.444 e. The summed E-state index contributed by atoms with van der Waals surface area (Å²) in [4.78, 5) is 18.9. The SMILES string of the molecule is O=C1OCc2cc(F)c(F)cc2N1C1CCN(S(=O)(=O)C2=CC=CN3ONC=C23)CC1. The Bertz CT molecular complexity index is 1140. The van der Waals surface area contributed by atoms with Crippen LogP contribution in [-0.4, -0.2) is 43.0 Å². The quantitative estimate of drug-likeness (QED) is 0.752. The molecule has 0 spiro atoms. The molecule has 0 unspecified atom stereocenters. The molecule has 1 aromatic rings. The molecule has 1 N–H and O–H groups in total. The maximum Gasteiger partial charge on any atom is 0.414 e. The molecule has 1 saturated heterocycles. The van der Waals surface area contributed by atoms with Gasteiger partial charge in [-0.25, -0.2) is 32.5 Å². The van der Waals surface area contributed by atoms with Crippen molar-refractivity contribution in [1.29, 1.82) is 0 Å². The van der Waals surface area contributed by atoms with Crippen LogP contribution in [0.2, 0.25) is 0 Å². The van der Waals surface area contributed by atoms with Crippen LogP contribution in [-0.2, 0) is 26.3 Å². The van der Waals surface area contributed by atoms with Gasteiger partial charge in [-0.2, -0.15) is 9.24 Å². The van der Waals surface area contributed by atoms with Crippen LogP contribution in [0, 0.1) is 11.6 Å². The van der Waals surface area contributed by atoms with E-state index in [4.69, 9.17) is 9.68 Å². The van der Waals surface area contributed by atoms with Crippen molar-refractivity contribution in [1.82, 2.24) is 14.8 Å². The number of cyclic esters (lactones) is 1. The Hall–Kier alpha value is -2.96. The lowest BCUT2D eigenvalue weighted by Crippen LogP contribution is -2.50. The maximum absolute atomic E-state index is 13.8. The first-order valence-electron chi connectivity index (χ1n) is 9.61. The number of anilines is 1. The van der Waals surface area contributed by atoms with Gasteiger partial charge in [0.15, 0.2) is 11.6 Å². The van der Waals surface area contributed by atoms with Gasteiger partial charge in [0.25, 0.3) is 0 Å². The highest BCUT2D eigenvalue weighted by Gasteiger charge is 2.40. The molecule has 1 amide bonds. The second-order valence-electron chi connectivity index (χ2n) is 7.39. The summed E-state index contributed by atoms with van der Waals surface area (Å²) in [6, 6.07) is 1.60. The number of hydrogen-bond acceptors (Lipinski definition) is 7. The van der Waals surface area contributed by atoms with Crippen LogP contribution in [0.15, 0.2) is 47.3 Å². The second-order valence-corrected chi connectivity index (χ2v) is 9.30. The number of allylic oxidation sites excluding steroid dienone is 2. The van der Waals surface area contributed by atoms with Crippen molar-refractivity contribution in [3.63, 3.8) is 0 Å². The molecule has 0 aliphatic carbocycles. The first-order valence-corrected chi connectivity index (χ1v) is 11.0. The van der Waals surface area contributed by atoms with Gasteiger partial charge in [-0.3, -0.25) is 4.90 Å². The number of fused-ring (bicyclic) bond motifs is 2. The van der Waals surface area contributed by atoms with Crippen molar-refractivity contribution in [2.45, 2.75) is 25.5 Å². The van der Waals surface area contributed by atoms with E-state index < -0.39 is 33.8 Å². The number of amides is 1. The molecule has 9 nitrogen and oxygen atoms in total. The van der Waals surface area contributed by atoms with Crippen molar-refractivity contribution in [2.24, 2.45) is 0 Å². The van der Waals surface area contributed by atoms with Crippen LogP contribution in [0.25, 0.3) is 0 Å². The van der Waals surface area contributed by atoms with E-state index in [1.165, 1.54) is 26.5 Å². The predicted octanol–water partition coefficient (Wildman–Crippen LogP) is 2.22. The van der Waals surface area contributed by atoms with E-state index in [9.17, 15) is 22.0 Å². The van der Waals surface area contributed by atoms with E-state index in [-0.39, 0.29) is 30.3 Å². The zero-order valence-corrected chi connectivity index (χ0v) is 16.9. The fraction of sp³-hybridized carbons (Fsp3) is 0.316. The number of carbonyl (C=O) groups is 1. The number of piperidine rings is 1. The van der Waals surface area contributed by atoms with Crippen LogP contribution in [0.5, 0.6) is 0 Å². The standard InChI is InChI=1S/C19H18F2N4O5S/c20-14-8-12-11-29-19(26)25(16(12)9-15(14)21)13-3-6-23(7-4-13)31(27,28)18-2-1-5-24-17(18)10-22-30-24/h1-2,5,8-10,13,22H,3-4,6-7,11H2. The lowest BCUT2D eigenvalue weighted by Gasteiger charge is -2.40. The van der Waals surface area contributed by atoms with Gasteiger partial charge in [0.2, 0.25) is 10.0 Å². The van der Waals surface area contributed by atoms with Gasteiger partial charge in [0, 0.05) is 37.0 Å². The summed E-state index contributed by atoms with van der Waals surface area (Å²) in [5.74, 6) is -2.07. The molecular formula is C19H18F2N4O5S. The average Bonchev–Trinajstić information content (AvgIpc) is 3.24. The Labute approximate surface area is 176 Å². The number of nitrogens with one attached hydrogen (secondary N) is 1. The number of nitrogens with zero attached hydrogens (tertiary/aromatic N) is 3. The number of rotatable bonds is 3. The summed E-state index contributed by atoms with van der Waals surface area (Å²) < 4.78 is 60.2. The fourth-order valence-corrected chi connectivity index (χ4v) is 5.74. The van der Waals surface area contributed by atoms with E-state index in [0.29, 0.717) is 24.1 Å². The topological polar surface area (TPSA) is 91.4 Å². The number of hydrogen-bond donors (Lipinski definition) is 1. The summed E-state index contributed by atoms with van der Waals surface area (Å²) in [7, 11) is -3.81. The molecule has 164 valence electrons. The molecule has 0 radical (unpaired) electrons. The average molecular weight is 452 g/mol. The molecule has 1 fully saturated rings. The van der Waals surface area contributed by atoms with Gasteiger partial charge in [-0.1, -0.05) is 0 Å². The van der Waals surface area contributed by atoms with E-state index in [2.05, 4.69) is 5.48 Å². The lowest BCUT2D eigenvalue weighted by atomic mass is 10.0. The zero-order chi connectivity index (χ0) is 21.8. The third-order valence-corrected chi connectivity index (χ3v) is 7.59. The summed E-state index contributed by atoms with van der Waals surface area (Å²) >= 11 is 0. The summed E-state index contributed by atoms with van der Waals surface area (Å²) in [6.07, 6.45) is 6.07. The molecule has 0 aromatic heterocycles. The van der Waals surface area contributed by atoms with Crippen molar-refractivity contribution < 1.29 is 31.7 Å². The van der Waals surface area contributed by atoms with Gasteiger partial charge < -0.3 is 4.74 Å². The number of carbonyl (C=O) groups excluding carboxylic acids is 1. The van der Waals surface area contributed by atoms with Gasteiger partial charge in [0.1, 0.15) is 17.2 Å². The summed E-state index contributed by atoms with van der Waals surface area (Å²) in [5, 5.41) is 1.31. The molecule has 1 aromatic carbocycles. The molecule has 12 heteroatoms. The van der Waals surface area contributed by atoms with Gasteiger partial charge in [-0.05, 0) is 31.1 Å². The normalized spacial score (nSPS) is 21.8. The van der Waals surface area contributed by atoms with Crippen LogP contribution in [0.1, 0.15) is 18.4 Å². The highest BCUT2D eigenvalue weighted by atomic mass is 32.2. The Balaban J connectivity index is 1.36. The van der Waals surface area contributed by atoms with Crippen molar-refractivity contribution >= 4 is 21.8 Å². The maximum atomic E-state index is 13.8. The van der Waals surface area contributed by atoms with Crippen LogP contribution in [0.4, 0.5) is 19.3 Å². The minimum atomic E-state index is -3.81. The lowest BCUT2D eigenvalue weighted by molar-refractivity contribution is -0.112. The number of sulfonamides is 1. The molecular weight excluding hydrogens is 434 g/mol. The number of halogens is 2. The molecule has 0 atom stereocenters. The second kappa shape index (κ2) is 7.32. The van der Waals surface area contributed by atoms with Crippen LogP contribution in [0.3, 0.4) is 0 Å². The molecule has 4 heterocycles. The van der Waals surface area contributed by atoms with E-state index in [1.54, 1.807) is 12.3 Å². The van der Waals surface area contributed by atoms with Gasteiger partial charge in [-0.15, -0.1) is 0 Å². The number of ether oxygens (including phenoxy) is 1. The first-order chi connectivity index (χ1) is 14.9. The Morgan fingerprint density at radius 1 is 1.13 bits per heavy atom. The van der Waals surface area contributed by atoms with Gasteiger partial charge in [0.05, 0.1) is 11.9 Å². The Morgan fingerprint density at radius 2 is 1.87 bits per heavy atom. The van der Waals surface area contributed by atoms with Gasteiger partial charge >= 0.3 is 6.09 Å². The minimum absolute atomic E-state index is 0.0960. The monoisotopic (exact) mass is 452 g/mol. The highest BCUT2D eigenvalue weighted by molar-refractivity contribution is 7.93. The summed E-state index contributed by atoms with van der Waals surface area (Å²) in [6.45, 7) is 0.162. The van der Waals surface area contributed by atoms with Crippen molar-refractivity contribution in [2.75, 3.05) is 18.0 Å².